The molecule has 0 fully saturated rings. The van der Waals surface area contributed by atoms with Crippen molar-refractivity contribution in [3.05, 3.63) is 24.3 Å². The minimum Gasteiger partial charge on any atom is -0.432 e. The second kappa shape index (κ2) is 6.87. The van der Waals surface area contributed by atoms with Gasteiger partial charge in [-0.15, -0.1) is 0 Å². The minimum absolute atomic E-state index is 0.0912. The van der Waals surface area contributed by atoms with Gasteiger partial charge >= 0.3 is 5.97 Å². The van der Waals surface area contributed by atoms with E-state index in [0.717, 1.165) is 0 Å². The van der Waals surface area contributed by atoms with Crippen molar-refractivity contribution >= 4 is 5.97 Å². The molecule has 0 rings (SSSR count). The number of ether oxygens (including phenoxy) is 2. The molecule has 0 bridgehead atoms. The summed E-state index contributed by atoms with van der Waals surface area (Å²) >= 11 is 0. The minimum atomic E-state index is -0.701. The second-order valence-electron chi connectivity index (χ2n) is 2.36. The molecule has 0 saturated carbocycles. The Morgan fingerprint density at radius 1 is 1.71 bits per heavy atom. The molecule has 0 aliphatic rings. The fourth-order valence-electron chi connectivity index (χ4n) is 0.752. The zero-order valence-electron chi connectivity index (χ0n) is 8.32. The van der Waals surface area contributed by atoms with Crippen LogP contribution in [0.2, 0.25) is 0 Å². The van der Waals surface area contributed by atoms with Gasteiger partial charge in [-0.25, -0.2) is 4.79 Å². The van der Waals surface area contributed by atoms with Gasteiger partial charge in [0.15, 0.2) is 0 Å². The summed E-state index contributed by atoms with van der Waals surface area (Å²) < 4.78 is 9.78. The Bertz CT molecular complexity index is 276. The van der Waals surface area contributed by atoms with Crippen molar-refractivity contribution in [2.45, 2.75) is 20.1 Å². The number of hydrogen-bond acceptors (Lipinski definition) is 4. The molecule has 1 unspecified atom stereocenters. The first-order valence-corrected chi connectivity index (χ1v) is 4.21. The smallest absolute Gasteiger partial charge is 0.351 e. The van der Waals surface area contributed by atoms with E-state index in [1.165, 1.54) is 12.2 Å². The van der Waals surface area contributed by atoms with E-state index in [1.54, 1.807) is 19.9 Å². The Kier molecular flexibility index (Phi) is 6.08. The molecule has 0 saturated heterocycles. The molecular weight excluding hydrogens is 182 g/mol. The topological polar surface area (TPSA) is 59.3 Å². The largest absolute Gasteiger partial charge is 0.432 e. The van der Waals surface area contributed by atoms with Gasteiger partial charge in [0.05, 0.1) is 0 Å². The van der Waals surface area contributed by atoms with E-state index in [-0.39, 0.29) is 5.57 Å². The maximum Gasteiger partial charge on any atom is 0.351 e. The molecule has 0 amide bonds. The molecule has 4 nitrogen and oxygen atoms in total. The number of esters is 1. The molecule has 1 atom stereocenters. The molecule has 0 spiro atoms. The summed E-state index contributed by atoms with van der Waals surface area (Å²) in [6.07, 6.45) is 2.00. The Balaban J connectivity index is 4.27. The third kappa shape index (κ3) is 4.43. The Hall–Kier alpha value is -1.60. The molecule has 0 aromatic heterocycles. The average Bonchev–Trinajstić information content (AvgIpc) is 2.14. The lowest BCUT2D eigenvalue weighted by molar-refractivity contribution is -0.168. The number of hydrogen-bond donors (Lipinski definition) is 0. The molecule has 0 radical (unpaired) electrons. The van der Waals surface area contributed by atoms with Crippen molar-refractivity contribution in [3.63, 3.8) is 0 Å². The van der Waals surface area contributed by atoms with Crippen LogP contribution in [0.4, 0.5) is 0 Å². The molecule has 14 heavy (non-hydrogen) atoms. The zero-order valence-corrected chi connectivity index (χ0v) is 8.32. The summed E-state index contributed by atoms with van der Waals surface area (Å²) in [6.45, 7) is 7.20. The number of nitriles is 1. The van der Waals surface area contributed by atoms with E-state index in [4.69, 9.17) is 14.7 Å². The molecule has 0 aromatic carbocycles. The summed E-state index contributed by atoms with van der Waals surface area (Å²) in [4.78, 5) is 11.2. The summed E-state index contributed by atoms with van der Waals surface area (Å²) in [6, 6.07) is 1.71. The SMILES string of the molecule is C=CC=C(C#N)C(=O)OC(C)OCC. The molecule has 76 valence electrons. The first kappa shape index (κ1) is 12.4. The molecule has 0 heterocycles. The van der Waals surface area contributed by atoms with Gasteiger partial charge in [-0.2, -0.15) is 5.26 Å². The molecule has 0 N–H and O–H groups in total. The predicted octanol–water partition coefficient (Wildman–Crippen LogP) is 1.55. The highest BCUT2D eigenvalue weighted by Gasteiger charge is 2.13. The van der Waals surface area contributed by atoms with Crippen LogP contribution >= 0.6 is 0 Å². The third-order valence-corrected chi connectivity index (χ3v) is 1.30. The van der Waals surface area contributed by atoms with Gasteiger partial charge in [-0.1, -0.05) is 12.7 Å². The van der Waals surface area contributed by atoms with Crippen molar-refractivity contribution < 1.29 is 14.3 Å². The summed E-state index contributed by atoms with van der Waals surface area (Å²) in [5, 5.41) is 8.56. The van der Waals surface area contributed by atoms with Crippen LogP contribution in [0.3, 0.4) is 0 Å². The van der Waals surface area contributed by atoms with Gasteiger partial charge in [-0.3, -0.25) is 0 Å². The van der Waals surface area contributed by atoms with E-state index in [0.29, 0.717) is 6.61 Å². The van der Waals surface area contributed by atoms with Crippen LogP contribution in [-0.2, 0) is 14.3 Å². The highest BCUT2D eigenvalue weighted by atomic mass is 16.7. The lowest BCUT2D eigenvalue weighted by Crippen LogP contribution is -2.18. The third-order valence-electron chi connectivity index (χ3n) is 1.30. The van der Waals surface area contributed by atoms with Crippen LogP contribution in [0.25, 0.3) is 0 Å². The van der Waals surface area contributed by atoms with Crippen molar-refractivity contribution in [1.29, 1.82) is 5.26 Å². The van der Waals surface area contributed by atoms with Crippen LogP contribution in [0.1, 0.15) is 13.8 Å². The van der Waals surface area contributed by atoms with Crippen LogP contribution in [0, 0.1) is 11.3 Å². The Labute approximate surface area is 83.4 Å². The number of rotatable bonds is 5. The first-order chi connectivity index (χ1) is 6.65. The van der Waals surface area contributed by atoms with Gasteiger partial charge in [0.2, 0.25) is 6.29 Å². The zero-order chi connectivity index (χ0) is 11.0. The van der Waals surface area contributed by atoms with E-state index in [2.05, 4.69) is 6.58 Å². The van der Waals surface area contributed by atoms with Gasteiger partial charge < -0.3 is 9.47 Å². The average molecular weight is 195 g/mol. The van der Waals surface area contributed by atoms with Crippen molar-refractivity contribution in [1.82, 2.24) is 0 Å². The van der Waals surface area contributed by atoms with Crippen molar-refractivity contribution in [2.24, 2.45) is 0 Å². The molecule has 0 aliphatic heterocycles. The summed E-state index contributed by atoms with van der Waals surface area (Å²) in [7, 11) is 0. The second-order valence-corrected chi connectivity index (χ2v) is 2.36. The normalized spacial score (nSPS) is 12.8. The number of carbonyl (C=O) groups is 1. The van der Waals surface area contributed by atoms with Gasteiger partial charge in [0.1, 0.15) is 11.6 Å². The fraction of sp³-hybridized carbons (Fsp3) is 0.400. The Morgan fingerprint density at radius 2 is 2.36 bits per heavy atom. The van der Waals surface area contributed by atoms with E-state index < -0.39 is 12.3 Å². The fourth-order valence-corrected chi connectivity index (χ4v) is 0.752. The monoisotopic (exact) mass is 195 g/mol. The highest BCUT2D eigenvalue weighted by Crippen LogP contribution is 2.01. The predicted molar refractivity (Wildman–Crippen MR) is 51.1 cm³/mol. The lowest BCUT2D eigenvalue weighted by Gasteiger charge is -2.11. The summed E-state index contributed by atoms with van der Waals surface area (Å²) in [5.41, 5.74) is -0.0912. The lowest BCUT2D eigenvalue weighted by atomic mass is 10.3. The number of nitrogens with zero attached hydrogens (tertiary/aromatic N) is 1. The van der Waals surface area contributed by atoms with Crippen LogP contribution in [0.5, 0.6) is 0 Å². The number of carbonyl (C=O) groups excluding carboxylic acids is 1. The van der Waals surface area contributed by atoms with Crippen LogP contribution < -0.4 is 0 Å². The quantitative estimate of drug-likeness (QED) is 0.219. The number of allylic oxidation sites excluding steroid dienone is 2. The van der Waals surface area contributed by atoms with E-state index in [1.807, 2.05) is 0 Å². The van der Waals surface area contributed by atoms with E-state index in [9.17, 15) is 4.79 Å². The highest BCUT2D eigenvalue weighted by molar-refractivity contribution is 5.93. The van der Waals surface area contributed by atoms with Crippen molar-refractivity contribution in [2.75, 3.05) is 6.61 Å². The Morgan fingerprint density at radius 3 is 2.79 bits per heavy atom. The van der Waals surface area contributed by atoms with E-state index >= 15 is 0 Å². The molecule has 4 heteroatoms. The van der Waals surface area contributed by atoms with Gasteiger partial charge in [0.25, 0.3) is 0 Å². The first-order valence-electron chi connectivity index (χ1n) is 4.21. The maximum absolute atomic E-state index is 11.2. The van der Waals surface area contributed by atoms with Crippen LogP contribution in [-0.4, -0.2) is 18.9 Å². The van der Waals surface area contributed by atoms with Gasteiger partial charge in [-0.05, 0) is 19.9 Å². The van der Waals surface area contributed by atoms with Crippen molar-refractivity contribution in [3.8, 4) is 6.07 Å². The standard InChI is InChI=1S/C10H13NO3/c1-4-6-9(7-11)10(12)14-8(3)13-5-2/h4,6,8H,1,5H2,2-3H3. The molecule has 0 aromatic rings. The molecular formula is C10H13NO3. The molecule has 0 aliphatic carbocycles. The van der Waals surface area contributed by atoms with Crippen LogP contribution in [0.15, 0.2) is 24.3 Å². The maximum atomic E-state index is 11.2. The summed E-state index contributed by atoms with van der Waals surface area (Å²) in [5.74, 6) is -0.701. The van der Waals surface area contributed by atoms with Gasteiger partial charge in [0, 0.05) is 6.61 Å².